The summed E-state index contributed by atoms with van der Waals surface area (Å²) < 4.78 is 0. The van der Waals surface area contributed by atoms with Gasteiger partial charge in [0.2, 0.25) is 5.91 Å². The maximum absolute atomic E-state index is 12.2. The number of nitrogens with one attached hydrogen (secondary N) is 1. The Balaban J connectivity index is 1.52. The zero-order valence-corrected chi connectivity index (χ0v) is 14.0. The largest absolute Gasteiger partial charge is 0.359 e. The zero-order valence-electron chi connectivity index (χ0n) is 13.3. The molecule has 0 fully saturated rings. The van der Waals surface area contributed by atoms with E-state index in [1.54, 1.807) is 0 Å². The second kappa shape index (κ2) is 7.05. The van der Waals surface area contributed by atoms with E-state index < -0.39 is 0 Å². The predicted octanol–water partition coefficient (Wildman–Crippen LogP) is 3.45. The van der Waals surface area contributed by atoms with E-state index in [1.807, 2.05) is 30.3 Å². The summed E-state index contributed by atoms with van der Waals surface area (Å²) in [5, 5.41) is 3.74. The normalized spacial score (nSPS) is 16.3. The van der Waals surface area contributed by atoms with Crippen molar-refractivity contribution in [2.45, 2.75) is 25.8 Å². The van der Waals surface area contributed by atoms with Crippen molar-refractivity contribution in [3.8, 4) is 0 Å². The molecule has 1 unspecified atom stereocenters. The van der Waals surface area contributed by atoms with Crippen molar-refractivity contribution < 1.29 is 4.79 Å². The van der Waals surface area contributed by atoms with Crippen molar-refractivity contribution in [3.63, 3.8) is 0 Å². The van der Waals surface area contributed by atoms with Crippen LogP contribution in [0, 0.1) is 0 Å². The molecule has 2 aromatic carbocycles. The molecule has 0 bridgehead atoms. The van der Waals surface area contributed by atoms with Gasteiger partial charge in [0, 0.05) is 23.3 Å². The van der Waals surface area contributed by atoms with Gasteiger partial charge in [-0.1, -0.05) is 41.9 Å². The minimum Gasteiger partial charge on any atom is -0.359 e. The van der Waals surface area contributed by atoms with Crippen LogP contribution in [0.5, 0.6) is 0 Å². The van der Waals surface area contributed by atoms with E-state index in [9.17, 15) is 4.79 Å². The number of hydrogen-bond acceptors (Lipinski definition) is 2. The minimum atomic E-state index is 0.0654. The number of hydrogen-bond donors (Lipinski definition) is 1. The number of fused-ring (bicyclic) bond motifs is 1. The van der Waals surface area contributed by atoms with Gasteiger partial charge >= 0.3 is 0 Å². The monoisotopic (exact) mass is 328 g/mol. The summed E-state index contributed by atoms with van der Waals surface area (Å²) in [4.78, 5) is 14.4. The molecule has 1 aliphatic rings. The molecule has 1 aliphatic heterocycles. The Morgan fingerprint density at radius 2 is 2.09 bits per heavy atom. The lowest BCUT2D eigenvalue weighted by atomic mass is 10.1. The minimum absolute atomic E-state index is 0.0654. The van der Waals surface area contributed by atoms with Crippen LogP contribution >= 0.6 is 11.6 Å². The molecule has 0 radical (unpaired) electrons. The number of rotatable bonds is 5. The Morgan fingerprint density at radius 1 is 1.26 bits per heavy atom. The molecule has 1 atom stereocenters. The highest BCUT2D eigenvalue weighted by atomic mass is 35.5. The van der Waals surface area contributed by atoms with Crippen molar-refractivity contribution in [1.82, 2.24) is 5.32 Å². The van der Waals surface area contributed by atoms with Gasteiger partial charge in [0.1, 0.15) is 0 Å². The summed E-state index contributed by atoms with van der Waals surface area (Å²) in [5.74, 6) is 0.0654. The molecule has 0 saturated carbocycles. The SMILES string of the molecule is CC1Cc2ccccc2N1CC(=O)NCCc1cccc(Cl)c1. The van der Waals surface area contributed by atoms with Crippen molar-refractivity contribution in [2.75, 3.05) is 18.0 Å². The van der Waals surface area contributed by atoms with Crippen LogP contribution in [-0.2, 0) is 17.6 Å². The molecule has 1 N–H and O–H groups in total. The molecule has 0 aromatic heterocycles. The number of para-hydroxylation sites is 1. The standard InChI is InChI=1S/C19H21ClN2O/c1-14-11-16-6-2-3-8-18(16)22(14)13-19(23)21-10-9-15-5-4-7-17(20)12-15/h2-8,12,14H,9-11,13H2,1H3,(H,21,23). The van der Waals surface area contributed by atoms with Crippen LogP contribution in [0.4, 0.5) is 5.69 Å². The highest BCUT2D eigenvalue weighted by molar-refractivity contribution is 6.30. The zero-order chi connectivity index (χ0) is 16.2. The first-order chi connectivity index (χ1) is 11.1. The van der Waals surface area contributed by atoms with Crippen molar-refractivity contribution in [1.29, 1.82) is 0 Å². The topological polar surface area (TPSA) is 32.3 Å². The molecule has 3 nitrogen and oxygen atoms in total. The molecule has 23 heavy (non-hydrogen) atoms. The van der Waals surface area contributed by atoms with Gasteiger partial charge in [-0.2, -0.15) is 0 Å². The van der Waals surface area contributed by atoms with Crippen LogP contribution in [0.3, 0.4) is 0 Å². The van der Waals surface area contributed by atoms with E-state index in [1.165, 1.54) is 11.3 Å². The van der Waals surface area contributed by atoms with Gasteiger partial charge < -0.3 is 10.2 Å². The fourth-order valence-corrected chi connectivity index (χ4v) is 3.33. The van der Waals surface area contributed by atoms with E-state index in [2.05, 4.69) is 35.3 Å². The number of amides is 1. The van der Waals surface area contributed by atoms with Gasteiger partial charge in [-0.05, 0) is 49.1 Å². The molecule has 0 saturated heterocycles. The molecular formula is C19H21ClN2O. The first-order valence-corrected chi connectivity index (χ1v) is 8.37. The highest BCUT2D eigenvalue weighted by Gasteiger charge is 2.26. The van der Waals surface area contributed by atoms with E-state index in [0.29, 0.717) is 19.1 Å². The molecule has 0 aliphatic carbocycles. The van der Waals surface area contributed by atoms with Gasteiger partial charge in [-0.15, -0.1) is 0 Å². The van der Waals surface area contributed by atoms with Crippen LogP contribution in [0.15, 0.2) is 48.5 Å². The van der Waals surface area contributed by atoms with Crippen molar-refractivity contribution >= 4 is 23.2 Å². The molecule has 3 rings (SSSR count). The molecule has 1 heterocycles. The number of anilines is 1. The summed E-state index contributed by atoms with van der Waals surface area (Å²) in [6.07, 6.45) is 1.80. The van der Waals surface area contributed by atoms with E-state index >= 15 is 0 Å². The molecule has 120 valence electrons. The number of benzene rings is 2. The Kier molecular flexibility index (Phi) is 4.87. The average molecular weight is 329 g/mol. The lowest BCUT2D eigenvalue weighted by Gasteiger charge is -2.24. The third kappa shape index (κ3) is 3.85. The van der Waals surface area contributed by atoms with Crippen LogP contribution in [0.25, 0.3) is 0 Å². The van der Waals surface area contributed by atoms with E-state index in [4.69, 9.17) is 11.6 Å². The van der Waals surface area contributed by atoms with Crippen LogP contribution in [0.1, 0.15) is 18.1 Å². The van der Waals surface area contributed by atoms with Gasteiger partial charge in [0.25, 0.3) is 0 Å². The van der Waals surface area contributed by atoms with E-state index in [-0.39, 0.29) is 5.91 Å². The van der Waals surface area contributed by atoms with Crippen molar-refractivity contribution in [3.05, 3.63) is 64.7 Å². The summed E-state index contributed by atoms with van der Waals surface area (Å²) >= 11 is 5.97. The quantitative estimate of drug-likeness (QED) is 0.911. The fraction of sp³-hybridized carbons (Fsp3) is 0.316. The third-order valence-corrected chi connectivity index (χ3v) is 4.52. The Morgan fingerprint density at radius 3 is 2.91 bits per heavy atom. The van der Waals surface area contributed by atoms with Gasteiger partial charge in [-0.3, -0.25) is 4.79 Å². The highest BCUT2D eigenvalue weighted by Crippen LogP contribution is 2.31. The first-order valence-electron chi connectivity index (χ1n) is 7.99. The maximum Gasteiger partial charge on any atom is 0.239 e. The molecule has 4 heteroatoms. The van der Waals surface area contributed by atoms with Crippen LogP contribution < -0.4 is 10.2 Å². The Hall–Kier alpha value is -2.00. The number of carbonyl (C=O) groups is 1. The molecule has 2 aromatic rings. The molecule has 0 spiro atoms. The summed E-state index contributed by atoms with van der Waals surface area (Å²) in [7, 11) is 0. The van der Waals surface area contributed by atoms with Crippen molar-refractivity contribution in [2.24, 2.45) is 0 Å². The average Bonchev–Trinajstić information content (AvgIpc) is 2.83. The summed E-state index contributed by atoms with van der Waals surface area (Å²) in [5.41, 5.74) is 3.65. The molecule has 1 amide bonds. The second-order valence-corrected chi connectivity index (χ2v) is 6.48. The van der Waals surface area contributed by atoms with Crippen LogP contribution in [-0.4, -0.2) is 25.0 Å². The number of carbonyl (C=O) groups excluding carboxylic acids is 1. The number of halogens is 1. The summed E-state index contributed by atoms with van der Waals surface area (Å²) in [6, 6.07) is 16.4. The summed E-state index contributed by atoms with van der Waals surface area (Å²) in [6.45, 7) is 3.20. The Bertz CT molecular complexity index is 701. The maximum atomic E-state index is 12.2. The molecular weight excluding hydrogens is 308 g/mol. The predicted molar refractivity (Wildman–Crippen MR) is 95.1 cm³/mol. The smallest absolute Gasteiger partial charge is 0.239 e. The fourth-order valence-electron chi connectivity index (χ4n) is 3.12. The third-order valence-electron chi connectivity index (χ3n) is 4.29. The number of nitrogens with zero attached hydrogens (tertiary/aromatic N) is 1. The van der Waals surface area contributed by atoms with Gasteiger partial charge in [0.05, 0.1) is 6.54 Å². The van der Waals surface area contributed by atoms with Gasteiger partial charge in [0.15, 0.2) is 0 Å². The van der Waals surface area contributed by atoms with E-state index in [0.717, 1.165) is 23.4 Å². The van der Waals surface area contributed by atoms with Crippen LogP contribution in [0.2, 0.25) is 5.02 Å². The first kappa shape index (κ1) is 15.9. The Labute approximate surface area is 142 Å². The second-order valence-electron chi connectivity index (χ2n) is 6.04. The lowest BCUT2D eigenvalue weighted by molar-refractivity contribution is -0.119. The van der Waals surface area contributed by atoms with Gasteiger partial charge in [-0.25, -0.2) is 0 Å². The lowest BCUT2D eigenvalue weighted by Crippen LogP contribution is -2.40.